The summed E-state index contributed by atoms with van der Waals surface area (Å²) in [7, 11) is 1.35. The minimum absolute atomic E-state index is 0.204. The van der Waals surface area contributed by atoms with Gasteiger partial charge in [-0.1, -0.05) is 6.07 Å². The maximum Gasteiger partial charge on any atom is 0.338 e. The van der Waals surface area contributed by atoms with E-state index in [0.29, 0.717) is 5.56 Å². The summed E-state index contributed by atoms with van der Waals surface area (Å²) in [4.78, 5) is 35.0. The Morgan fingerprint density at radius 3 is 2.50 bits per heavy atom. The largest absolute Gasteiger partial charge is 0.465 e. The highest BCUT2D eigenvalue weighted by atomic mass is 16.5. The average Bonchev–Trinajstić information content (AvgIpc) is 3.06. The van der Waals surface area contributed by atoms with Gasteiger partial charge in [0.05, 0.1) is 12.7 Å². The first-order valence-electron chi connectivity index (χ1n) is 8.04. The second-order valence-electron chi connectivity index (χ2n) is 6.07. The number of amides is 3. The summed E-state index contributed by atoms with van der Waals surface area (Å²) in [5.41, 5.74) is 4.98. The van der Waals surface area contributed by atoms with Gasteiger partial charge < -0.3 is 14.6 Å². The molecule has 3 rings (SSSR count). The van der Waals surface area contributed by atoms with Crippen LogP contribution in [0.2, 0.25) is 0 Å². The van der Waals surface area contributed by atoms with Gasteiger partial charge in [-0.25, -0.2) is 9.59 Å². The molecule has 134 valence electrons. The van der Waals surface area contributed by atoms with Crippen LogP contribution in [-0.4, -0.2) is 29.6 Å². The van der Waals surface area contributed by atoms with Crippen molar-refractivity contribution in [3.05, 3.63) is 58.0 Å². The summed E-state index contributed by atoms with van der Waals surface area (Å²) in [6.07, 6.45) is 1.64. The summed E-state index contributed by atoms with van der Waals surface area (Å²) < 4.78 is 6.84. The number of urea groups is 1. The van der Waals surface area contributed by atoms with Crippen molar-refractivity contribution in [2.24, 2.45) is 0 Å². The summed E-state index contributed by atoms with van der Waals surface area (Å²) >= 11 is 0. The zero-order chi connectivity index (χ0) is 19.0. The van der Waals surface area contributed by atoms with Gasteiger partial charge in [0.2, 0.25) is 0 Å². The molecule has 2 N–H and O–H groups in total. The van der Waals surface area contributed by atoms with Crippen LogP contribution in [0.3, 0.4) is 0 Å². The van der Waals surface area contributed by atoms with Gasteiger partial charge in [-0.2, -0.15) is 0 Å². The Balaban J connectivity index is 2.10. The molecule has 1 fully saturated rings. The number of esters is 1. The number of imide groups is 1. The highest BCUT2D eigenvalue weighted by molar-refractivity contribution is 6.14. The molecule has 0 spiro atoms. The number of nitrogens with zero attached hydrogens (tertiary/aromatic N) is 1. The van der Waals surface area contributed by atoms with Crippen LogP contribution in [0.4, 0.5) is 4.79 Å². The summed E-state index contributed by atoms with van der Waals surface area (Å²) in [6, 6.07) is 6.83. The molecule has 0 aliphatic carbocycles. The van der Waals surface area contributed by atoms with Crippen LogP contribution in [-0.2, 0) is 9.53 Å². The fourth-order valence-electron chi connectivity index (χ4n) is 3.14. The molecule has 2 aromatic rings. The quantitative estimate of drug-likeness (QED) is 0.504. The third kappa shape index (κ3) is 2.88. The van der Waals surface area contributed by atoms with Crippen molar-refractivity contribution in [3.63, 3.8) is 0 Å². The van der Waals surface area contributed by atoms with Gasteiger partial charge in [0, 0.05) is 17.1 Å². The molecule has 7 heteroatoms. The highest BCUT2D eigenvalue weighted by Crippen LogP contribution is 2.26. The molecule has 0 bridgehead atoms. The van der Waals surface area contributed by atoms with E-state index < -0.39 is 11.9 Å². The molecule has 1 aromatic heterocycles. The first-order valence-corrected chi connectivity index (χ1v) is 8.04. The second-order valence-corrected chi connectivity index (χ2v) is 6.07. The Labute approximate surface area is 150 Å². The monoisotopic (exact) mass is 353 g/mol. The molecule has 1 saturated heterocycles. The topological polar surface area (TPSA) is 89.4 Å². The van der Waals surface area contributed by atoms with E-state index in [1.807, 2.05) is 37.5 Å². The lowest BCUT2D eigenvalue weighted by Gasteiger charge is -2.15. The molecule has 1 aromatic carbocycles. The normalized spacial score (nSPS) is 15.2. The van der Waals surface area contributed by atoms with E-state index in [0.717, 1.165) is 28.2 Å². The molecule has 3 amide bonds. The first-order chi connectivity index (χ1) is 12.3. The van der Waals surface area contributed by atoms with E-state index in [2.05, 4.69) is 10.6 Å². The lowest BCUT2D eigenvalue weighted by molar-refractivity contribution is -0.115. The zero-order valence-corrected chi connectivity index (χ0v) is 15.0. The molecule has 7 nitrogen and oxygen atoms in total. The van der Waals surface area contributed by atoms with Gasteiger partial charge >= 0.3 is 12.0 Å². The van der Waals surface area contributed by atoms with Crippen molar-refractivity contribution >= 4 is 24.0 Å². The summed E-state index contributed by atoms with van der Waals surface area (Å²) in [5.74, 6) is -0.844. The third-order valence-corrected chi connectivity index (χ3v) is 4.44. The number of ether oxygens (including phenoxy) is 1. The van der Waals surface area contributed by atoms with E-state index >= 15 is 0 Å². The minimum Gasteiger partial charge on any atom is -0.465 e. The van der Waals surface area contributed by atoms with Crippen LogP contribution in [0, 0.1) is 20.8 Å². The van der Waals surface area contributed by atoms with Crippen molar-refractivity contribution in [1.29, 1.82) is 0 Å². The number of carbonyl (C=O) groups excluding carboxylic acids is 3. The summed E-state index contributed by atoms with van der Waals surface area (Å²) in [5, 5.41) is 4.66. The van der Waals surface area contributed by atoms with Crippen LogP contribution in [0.5, 0.6) is 0 Å². The molecule has 1 aliphatic heterocycles. The van der Waals surface area contributed by atoms with Gasteiger partial charge in [0.25, 0.3) is 5.91 Å². The maximum absolute atomic E-state index is 12.0. The van der Waals surface area contributed by atoms with Gasteiger partial charge in [0.1, 0.15) is 5.70 Å². The number of aromatic nitrogens is 1. The smallest absolute Gasteiger partial charge is 0.338 e. The molecular weight excluding hydrogens is 334 g/mol. The van der Waals surface area contributed by atoms with E-state index in [-0.39, 0.29) is 11.7 Å². The Morgan fingerprint density at radius 2 is 1.88 bits per heavy atom. The van der Waals surface area contributed by atoms with Gasteiger partial charge in [0.15, 0.2) is 0 Å². The number of benzene rings is 1. The van der Waals surface area contributed by atoms with Crippen LogP contribution in [0.15, 0.2) is 30.0 Å². The molecular formula is C19H19N3O4. The van der Waals surface area contributed by atoms with Crippen molar-refractivity contribution in [1.82, 2.24) is 15.2 Å². The Morgan fingerprint density at radius 1 is 1.15 bits per heavy atom. The van der Waals surface area contributed by atoms with Gasteiger partial charge in [-0.15, -0.1) is 0 Å². The summed E-state index contributed by atoms with van der Waals surface area (Å²) in [6.45, 7) is 5.72. The van der Waals surface area contributed by atoms with Crippen molar-refractivity contribution < 1.29 is 19.1 Å². The van der Waals surface area contributed by atoms with E-state index in [1.165, 1.54) is 7.11 Å². The molecule has 26 heavy (non-hydrogen) atoms. The molecule has 0 unspecified atom stereocenters. The third-order valence-electron chi connectivity index (χ3n) is 4.44. The predicted octanol–water partition coefficient (Wildman–Crippen LogP) is 2.37. The SMILES string of the molecule is COC(=O)c1cccc(-n2c(C)cc(/C=C3\NC(=O)NC3=O)c2C)c1C. The maximum atomic E-state index is 12.0. The van der Waals surface area contributed by atoms with Crippen LogP contribution in [0.1, 0.15) is 32.9 Å². The second kappa shape index (κ2) is 6.51. The Hall–Kier alpha value is -3.35. The number of hydrogen-bond acceptors (Lipinski definition) is 4. The van der Waals surface area contributed by atoms with Crippen LogP contribution in [0.25, 0.3) is 11.8 Å². The highest BCUT2D eigenvalue weighted by Gasteiger charge is 2.24. The molecule has 0 atom stereocenters. The van der Waals surface area contributed by atoms with E-state index in [9.17, 15) is 14.4 Å². The van der Waals surface area contributed by atoms with Crippen molar-refractivity contribution in [2.75, 3.05) is 7.11 Å². The predicted molar refractivity (Wildman–Crippen MR) is 96.0 cm³/mol. The van der Waals surface area contributed by atoms with E-state index in [4.69, 9.17) is 4.74 Å². The fourth-order valence-corrected chi connectivity index (χ4v) is 3.14. The Kier molecular flexibility index (Phi) is 4.38. The molecule has 2 heterocycles. The fraction of sp³-hybridized carbons (Fsp3) is 0.211. The zero-order valence-electron chi connectivity index (χ0n) is 15.0. The standard InChI is InChI=1S/C19H19N3O4/c1-10-8-13(9-15-17(23)21-19(25)20-15)12(3)22(10)16-7-5-6-14(11(16)2)18(24)26-4/h5-9H,1-4H3,(H2,20,21,23,25)/b15-9-. The lowest BCUT2D eigenvalue weighted by Crippen LogP contribution is -2.22. The van der Waals surface area contributed by atoms with Crippen LogP contribution >= 0.6 is 0 Å². The van der Waals surface area contributed by atoms with Crippen molar-refractivity contribution in [2.45, 2.75) is 20.8 Å². The first kappa shape index (κ1) is 17.5. The number of aryl methyl sites for hydroxylation is 1. The van der Waals surface area contributed by atoms with Gasteiger partial charge in [-0.05, 0) is 56.2 Å². The number of hydrogen-bond donors (Lipinski definition) is 2. The lowest BCUT2D eigenvalue weighted by atomic mass is 10.1. The average molecular weight is 353 g/mol. The number of methoxy groups -OCH3 is 1. The molecule has 0 radical (unpaired) electrons. The van der Waals surface area contributed by atoms with E-state index in [1.54, 1.807) is 18.2 Å². The number of nitrogens with one attached hydrogen (secondary N) is 2. The molecule has 1 aliphatic rings. The minimum atomic E-state index is -0.531. The van der Waals surface area contributed by atoms with Gasteiger partial charge in [-0.3, -0.25) is 10.1 Å². The van der Waals surface area contributed by atoms with Crippen molar-refractivity contribution in [3.8, 4) is 5.69 Å². The van der Waals surface area contributed by atoms with Crippen LogP contribution < -0.4 is 10.6 Å². The Bertz CT molecular complexity index is 969. The number of carbonyl (C=O) groups is 3. The molecule has 0 saturated carbocycles. The number of rotatable bonds is 3.